The van der Waals surface area contributed by atoms with Gasteiger partial charge in [-0.3, -0.25) is 42.9 Å². The van der Waals surface area contributed by atoms with Crippen molar-refractivity contribution in [1.29, 1.82) is 0 Å². The van der Waals surface area contributed by atoms with Crippen LogP contribution in [0.25, 0.3) is 10.9 Å². The van der Waals surface area contributed by atoms with Crippen molar-refractivity contribution < 1.29 is 79.7 Å². The van der Waals surface area contributed by atoms with E-state index in [0.717, 1.165) is 0 Å². The number of carbonyl (C=O) groups is 10. The number of hydrogen-bond acceptors (Lipinski definition) is 15. The first kappa shape index (κ1) is 68.2. The van der Waals surface area contributed by atoms with E-state index in [1.165, 1.54) is 24.3 Å². The molecule has 0 radical (unpaired) electrons. The Labute approximate surface area is 502 Å². The Morgan fingerprint density at radius 1 is 0.586 bits per heavy atom. The van der Waals surface area contributed by atoms with E-state index < -0.39 is 125 Å². The zero-order valence-electron chi connectivity index (χ0n) is 48.4. The van der Waals surface area contributed by atoms with Gasteiger partial charge in [0, 0.05) is 42.9 Å². The third-order valence-electron chi connectivity index (χ3n) is 13.0. The van der Waals surface area contributed by atoms with E-state index in [2.05, 4.69) is 51.7 Å². The predicted molar refractivity (Wildman–Crippen MR) is 315 cm³/mol. The summed E-state index contributed by atoms with van der Waals surface area (Å²) in [6, 6.07) is 20.6. The fourth-order valence-electron chi connectivity index (χ4n) is 8.73. The molecular weight excluding hydrogens is 1150 g/mol. The Balaban J connectivity index is 1.36. The van der Waals surface area contributed by atoms with Crippen LogP contribution in [0.5, 0.6) is 5.75 Å². The number of carboxylic acids is 1. The lowest BCUT2D eigenvalue weighted by molar-refractivity contribution is -0.141. The zero-order valence-corrected chi connectivity index (χ0v) is 49.2. The van der Waals surface area contributed by atoms with Gasteiger partial charge in [-0.2, -0.15) is 8.42 Å². The highest BCUT2D eigenvalue weighted by Gasteiger charge is 2.34. The molecular formula is C59H74N10O17S. The fourth-order valence-corrected chi connectivity index (χ4v) is 9.08. The van der Waals surface area contributed by atoms with Crippen LogP contribution in [-0.4, -0.2) is 138 Å². The minimum absolute atomic E-state index is 0.0172. The molecule has 0 saturated carbocycles. The summed E-state index contributed by atoms with van der Waals surface area (Å²) in [5.74, 6) is -8.40. The van der Waals surface area contributed by atoms with Gasteiger partial charge in [-0.1, -0.05) is 111 Å². The highest BCUT2D eigenvalue weighted by atomic mass is 32.3. The SMILES string of the molecule is CCCC[C@H](NC(=O)[C@H](Cc1ccc(OS(=O)(=O)O)cc1)NC(=O)OC(C)(C)C)C(=O)NCC(=O)N[C@@H](Cc1c[nH]c2ccccc12)C(=O)N[C@@H](CCCNC(=O)OCc1ccccc1)C(=O)N[C@@H](CC(=O)O)C(=O)N[C@@H](Cc1ccccc1)C(N)=O. The van der Waals surface area contributed by atoms with Crippen molar-refractivity contribution in [2.75, 3.05) is 13.1 Å². The molecule has 0 aliphatic heterocycles. The molecule has 5 aromatic rings. The standard InChI is InChI=1S/C59H74N10O17S/c1-5-6-21-43(65-54(76)46(69-58(80)85-59(2,3)4)30-37-24-26-40(27-25-37)86-87(81,82)83)52(74)63-34-49(70)64-47(31-39-33-62-42-22-14-13-20-41(39)42)55(77)66-44(23-15-28-61-57(79)84-35-38-18-11-8-12-19-38)53(75)68-48(32-50(71)72)56(78)67-45(51(60)73)29-36-16-9-7-10-17-36/h7-14,16-20,22,24-27,33,43-48,62H,5-6,15,21,23,28-32,34-35H2,1-4H3,(H2,60,73)(H,61,79)(H,63,74)(H,64,70)(H,65,76)(H,66,77)(H,67,78)(H,68,75)(H,69,80)(H,71,72)(H,81,82,83)/t43-,44-,45-,46-,47-,48-/m0/s1. The maximum Gasteiger partial charge on any atom is 0.446 e. The van der Waals surface area contributed by atoms with Gasteiger partial charge in [-0.25, -0.2) is 9.59 Å². The van der Waals surface area contributed by atoms with E-state index in [9.17, 15) is 61.5 Å². The quantitative estimate of drug-likeness (QED) is 0.0212. The molecule has 0 saturated heterocycles. The minimum Gasteiger partial charge on any atom is -0.481 e. The summed E-state index contributed by atoms with van der Waals surface area (Å²) < 4.78 is 46.7. The maximum atomic E-state index is 14.7. The molecule has 5 rings (SSSR count). The number of aromatic nitrogens is 1. The van der Waals surface area contributed by atoms with Crippen molar-refractivity contribution in [3.8, 4) is 5.75 Å². The van der Waals surface area contributed by atoms with Crippen molar-refractivity contribution in [2.24, 2.45) is 5.73 Å². The second-order valence-corrected chi connectivity index (χ2v) is 22.2. The van der Waals surface area contributed by atoms with Gasteiger partial charge in [0.15, 0.2) is 0 Å². The third kappa shape index (κ3) is 24.5. The van der Waals surface area contributed by atoms with Gasteiger partial charge in [0.2, 0.25) is 41.4 Å². The Bertz CT molecular complexity index is 3290. The number of benzene rings is 4. The number of carboxylic acid groups (broad SMARTS) is 1. The molecule has 468 valence electrons. The summed E-state index contributed by atoms with van der Waals surface area (Å²) in [5, 5.41) is 30.8. The van der Waals surface area contributed by atoms with Gasteiger partial charge in [0.05, 0.1) is 13.0 Å². The van der Waals surface area contributed by atoms with Crippen LogP contribution in [0.3, 0.4) is 0 Å². The number of nitrogens with two attached hydrogens (primary N) is 1. The highest BCUT2D eigenvalue weighted by molar-refractivity contribution is 7.81. The monoisotopic (exact) mass is 1230 g/mol. The van der Waals surface area contributed by atoms with Crippen molar-refractivity contribution >= 4 is 80.8 Å². The molecule has 0 spiro atoms. The van der Waals surface area contributed by atoms with E-state index in [4.69, 9.17) is 19.8 Å². The van der Waals surface area contributed by atoms with Gasteiger partial charge >= 0.3 is 28.6 Å². The van der Waals surface area contributed by atoms with Crippen LogP contribution in [0.15, 0.2) is 115 Å². The molecule has 1 heterocycles. The number of alkyl carbamates (subject to hydrolysis) is 2. The number of fused-ring (bicyclic) bond motifs is 1. The number of rotatable bonds is 33. The summed E-state index contributed by atoms with van der Waals surface area (Å²) in [7, 11) is -4.85. The zero-order chi connectivity index (χ0) is 63.7. The van der Waals surface area contributed by atoms with Crippen molar-refractivity contribution in [2.45, 2.75) is 134 Å². The summed E-state index contributed by atoms with van der Waals surface area (Å²) in [6.45, 7) is 5.72. The molecule has 1 aromatic heterocycles. The third-order valence-corrected chi connectivity index (χ3v) is 13.4. The molecule has 27 nitrogen and oxygen atoms in total. The Morgan fingerprint density at radius 2 is 1.11 bits per heavy atom. The number of aliphatic carboxylic acids is 1. The van der Waals surface area contributed by atoms with Gasteiger partial charge in [-0.05, 0) is 80.5 Å². The average Bonchev–Trinajstić information content (AvgIpc) is 2.27. The summed E-state index contributed by atoms with van der Waals surface area (Å²) in [4.78, 5) is 138. The molecule has 87 heavy (non-hydrogen) atoms. The number of aromatic amines is 1. The minimum atomic E-state index is -4.85. The first-order chi connectivity index (χ1) is 41.2. The number of H-pyrrole nitrogens is 1. The molecule has 0 fully saturated rings. The largest absolute Gasteiger partial charge is 0.481 e. The molecule has 28 heteroatoms. The van der Waals surface area contributed by atoms with Gasteiger partial charge in [0.1, 0.15) is 54.2 Å². The molecule has 6 atom stereocenters. The molecule has 0 aliphatic rings. The number of amides is 9. The molecule has 0 unspecified atom stereocenters. The van der Waals surface area contributed by atoms with Gasteiger partial charge in [0.25, 0.3) is 0 Å². The molecule has 9 amide bonds. The molecule has 0 bridgehead atoms. The fraction of sp³-hybridized carbons (Fsp3) is 0.390. The second-order valence-electron chi connectivity index (χ2n) is 21.2. The number of nitrogens with one attached hydrogen (secondary N) is 9. The van der Waals surface area contributed by atoms with Crippen LogP contribution in [-0.2, 0) is 84.1 Å². The normalized spacial score (nSPS) is 13.3. The van der Waals surface area contributed by atoms with E-state index in [1.54, 1.807) is 112 Å². The Kier molecular flexibility index (Phi) is 26.0. The van der Waals surface area contributed by atoms with Crippen LogP contribution in [0, 0.1) is 0 Å². The van der Waals surface area contributed by atoms with Crippen molar-refractivity contribution in [3.63, 3.8) is 0 Å². The summed E-state index contributed by atoms with van der Waals surface area (Å²) in [5.41, 5.74) is 7.56. The first-order valence-electron chi connectivity index (χ1n) is 27.8. The lowest BCUT2D eigenvalue weighted by Crippen LogP contribution is -2.59. The predicted octanol–water partition coefficient (Wildman–Crippen LogP) is 2.67. The lowest BCUT2D eigenvalue weighted by Gasteiger charge is -2.26. The van der Waals surface area contributed by atoms with E-state index >= 15 is 0 Å². The van der Waals surface area contributed by atoms with Crippen molar-refractivity contribution in [1.82, 2.24) is 47.5 Å². The topological polar surface area (TPSA) is 411 Å². The van der Waals surface area contributed by atoms with E-state index in [-0.39, 0.29) is 57.4 Å². The lowest BCUT2D eigenvalue weighted by atomic mass is 10.0. The second kappa shape index (κ2) is 33.2. The highest BCUT2D eigenvalue weighted by Crippen LogP contribution is 2.20. The number of hydrogen-bond donors (Lipinski definition) is 12. The first-order valence-corrected chi connectivity index (χ1v) is 29.2. The number of para-hydroxylation sites is 1. The molecule has 4 aromatic carbocycles. The Hall–Kier alpha value is -9.57. The van der Waals surface area contributed by atoms with Crippen molar-refractivity contribution in [3.05, 3.63) is 138 Å². The van der Waals surface area contributed by atoms with Gasteiger partial charge in [-0.15, -0.1) is 0 Å². The summed E-state index contributed by atoms with van der Waals surface area (Å²) >= 11 is 0. The number of ether oxygens (including phenoxy) is 2. The Morgan fingerprint density at radius 3 is 1.72 bits per heavy atom. The maximum absolute atomic E-state index is 14.7. The van der Waals surface area contributed by atoms with Crippen LogP contribution in [0.4, 0.5) is 9.59 Å². The smallest absolute Gasteiger partial charge is 0.446 e. The van der Waals surface area contributed by atoms with E-state index in [1.807, 2.05) is 6.92 Å². The molecule has 13 N–H and O–H groups in total. The van der Waals surface area contributed by atoms with Crippen LogP contribution in [0.2, 0.25) is 0 Å². The van der Waals surface area contributed by atoms with E-state index in [0.29, 0.717) is 46.0 Å². The summed E-state index contributed by atoms with van der Waals surface area (Å²) in [6.07, 6.45) is -0.883. The van der Waals surface area contributed by atoms with Crippen LogP contribution < -0.4 is 52.5 Å². The van der Waals surface area contributed by atoms with Crippen LogP contribution in [0.1, 0.15) is 88.5 Å². The number of unbranched alkanes of at least 4 members (excludes halogenated alkanes) is 1. The van der Waals surface area contributed by atoms with Crippen LogP contribution >= 0.6 is 0 Å². The van der Waals surface area contributed by atoms with Gasteiger partial charge < -0.3 is 72.0 Å². The average molecular weight is 1230 g/mol. The number of primary amides is 1. The number of carbonyl (C=O) groups excluding carboxylic acids is 9. The molecule has 0 aliphatic carbocycles.